The zero-order valence-corrected chi connectivity index (χ0v) is 13.6. The van der Waals surface area contributed by atoms with Crippen LogP contribution < -0.4 is 11.1 Å². The standard InChI is InChI=1S/C13H18N4O2S2/c1-8-5-20-12(16-8)9-10(14)17-21-11(9)15-6-13(18-2)3-4-19-7-13/h5,15H,3-4,6-7H2,1-2H3,(H2,14,17). The van der Waals surface area contributed by atoms with E-state index in [-0.39, 0.29) is 5.60 Å². The molecule has 3 rings (SSSR count). The highest BCUT2D eigenvalue weighted by Gasteiger charge is 2.35. The minimum Gasteiger partial charge on any atom is -0.382 e. The topological polar surface area (TPSA) is 82.3 Å². The predicted octanol–water partition coefficient (Wildman–Crippen LogP) is 2.37. The van der Waals surface area contributed by atoms with Gasteiger partial charge in [0.25, 0.3) is 0 Å². The predicted molar refractivity (Wildman–Crippen MR) is 86.0 cm³/mol. The summed E-state index contributed by atoms with van der Waals surface area (Å²) in [4.78, 5) is 4.50. The summed E-state index contributed by atoms with van der Waals surface area (Å²) in [5.41, 5.74) is 7.61. The van der Waals surface area contributed by atoms with Crippen molar-refractivity contribution in [2.24, 2.45) is 0 Å². The van der Waals surface area contributed by atoms with Gasteiger partial charge in [-0.05, 0) is 18.5 Å². The Hall–Kier alpha value is -1.22. The molecule has 2 aromatic heterocycles. The number of anilines is 2. The highest BCUT2D eigenvalue weighted by atomic mass is 32.1. The molecular formula is C13H18N4O2S2. The largest absolute Gasteiger partial charge is 0.382 e. The first-order chi connectivity index (χ1) is 10.1. The molecule has 0 saturated carbocycles. The Kier molecular flexibility index (Phi) is 4.12. The van der Waals surface area contributed by atoms with Crippen molar-refractivity contribution in [2.45, 2.75) is 18.9 Å². The van der Waals surface area contributed by atoms with Gasteiger partial charge in [0.05, 0.1) is 12.2 Å². The van der Waals surface area contributed by atoms with Crippen molar-refractivity contribution in [3.63, 3.8) is 0 Å². The van der Waals surface area contributed by atoms with E-state index >= 15 is 0 Å². The molecule has 1 aliphatic heterocycles. The number of hydrogen-bond donors (Lipinski definition) is 2. The van der Waals surface area contributed by atoms with Crippen molar-refractivity contribution in [3.8, 4) is 10.6 Å². The fourth-order valence-corrected chi connectivity index (χ4v) is 3.93. The van der Waals surface area contributed by atoms with Crippen LogP contribution in [0.3, 0.4) is 0 Å². The number of rotatable bonds is 5. The highest BCUT2D eigenvalue weighted by Crippen LogP contribution is 2.38. The monoisotopic (exact) mass is 326 g/mol. The Balaban J connectivity index is 1.80. The highest BCUT2D eigenvalue weighted by molar-refractivity contribution is 7.15. The number of methoxy groups -OCH3 is 1. The van der Waals surface area contributed by atoms with Crippen LogP contribution in [0.4, 0.5) is 10.8 Å². The second-order valence-electron chi connectivity index (χ2n) is 5.11. The molecule has 3 N–H and O–H groups in total. The van der Waals surface area contributed by atoms with Crippen molar-refractivity contribution < 1.29 is 9.47 Å². The van der Waals surface area contributed by atoms with Crippen LogP contribution in [0.2, 0.25) is 0 Å². The lowest BCUT2D eigenvalue weighted by Gasteiger charge is -2.26. The van der Waals surface area contributed by atoms with Crippen molar-refractivity contribution >= 4 is 33.7 Å². The summed E-state index contributed by atoms with van der Waals surface area (Å²) in [7, 11) is 1.72. The summed E-state index contributed by atoms with van der Waals surface area (Å²) >= 11 is 2.94. The first kappa shape index (κ1) is 14.7. The summed E-state index contributed by atoms with van der Waals surface area (Å²) in [6.07, 6.45) is 0.885. The molecule has 0 aliphatic carbocycles. The number of aromatic nitrogens is 2. The van der Waals surface area contributed by atoms with Gasteiger partial charge >= 0.3 is 0 Å². The first-order valence-corrected chi connectivity index (χ1v) is 8.33. The van der Waals surface area contributed by atoms with E-state index in [2.05, 4.69) is 14.7 Å². The molecule has 1 unspecified atom stereocenters. The molecule has 0 bridgehead atoms. The van der Waals surface area contributed by atoms with E-state index in [1.165, 1.54) is 11.5 Å². The van der Waals surface area contributed by atoms with Crippen LogP contribution in [0, 0.1) is 6.92 Å². The Morgan fingerprint density at radius 3 is 3.05 bits per heavy atom. The molecule has 1 atom stereocenters. The molecule has 0 amide bonds. The van der Waals surface area contributed by atoms with E-state index in [0.717, 1.165) is 34.3 Å². The lowest BCUT2D eigenvalue weighted by molar-refractivity contribution is -0.00614. The number of aryl methyl sites for hydroxylation is 1. The Morgan fingerprint density at radius 1 is 1.57 bits per heavy atom. The fourth-order valence-electron chi connectivity index (χ4n) is 2.30. The van der Waals surface area contributed by atoms with Gasteiger partial charge in [-0.15, -0.1) is 11.3 Å². The van der Waals surface area contributed by atoms with E-state index < -0.39 is 0 Å². The minimum atomic E-state index is -0.269. The van der Waals surface area contributed by atoms with Crippen LogP contribution in [0.1, 0.15) is 12.1 Å². The molecular weight excluding hydrogens is 308 g/mol. The maximum atomic E-state index is 6.00. The third kappa shape index (κ3) is 2.89. The summed E-state index contributed by atoms with van der Waals surface area (Å²) in [5, 5.41) is 7.26. The van der Waals surface area contributed by atoms with Gasteiger partial charge in [0, 0.05) is 37.8 Å². The molecule has 0 aromatic carbocycles. The van der Waals surface area contributed by atoms with Gasteiger partial charge in [-0.2, -0.15) is 4.37 Å². The van der Waals surface area contributed by atoms with Crippen LogP contribution in [0.25, 0.3) is 10.6 Å². The molecule has 0 radical (unpaired) electrons. The number of nitrogens with two attached hydrogens (primary N) is 1. The average molecular weight is 326 g/mol. The summed E-state index contributed by atoms with van der Waals surface area (Å²) in [6, 6.07) is 0. The van der Waals surface area contributed by atoms with Crippen molar-refractivity contribution in [1.82, 2.24) is 9.36 Å². The maximum absolute atomic E-state index is 6.00. The molecule has 1 fully saturated rings. The van der Waals surface area contributed by atoms with Gasteiger partial charge < -0.3 is 20.5 Å². The molecule has 21 heavy (non-hydrogen) atoms. The molecule has 1 saturated heterocycles. The molecule has 114 valence electrons. The van der Waals surface area contributed by atoms with E-state index in [9.17, 15) is 0 Å². The van der Waals surface area contributed by atoms with E-state index in [4.69, 9.17) is 15.2 Å². The second kappa shape index (κ2) is 5.88. The van der Waals surface area contributed by atoms with E-state index in [0.29, 0.717) is 19.0 Å². The van der Waals surface area contributed by atoms with Crippen molar-refractivity contribution in [3.05, 3.63) is 11.1 Å². The molecule has 6 nitrogen and oxygen atoms in total. The molecule has 1 aliphatic rings. The van der Waals surface area contributed by atoms with Gasteiger partial charge in [0.1, 0.15) is 21.4 Å². The normalized spacial score (nSPS) is 21.8. The number of hydrogen-bond acceptors (Lipinski definition) is 8. The van der Waals surface area contributed by atoms with E-state index in [1.807, 2.05) is 12.3 Å². The number of nitrogens with zero attached hydrogens (tertiary/aromatic N) is 2. The maximum Gasteiger partial charge on any atom is 0.149 e. The lowest BCUT2D eigenvalue weighted by Crippen LogP contribution is -2.39. The first-order valence-electron chi connectivity index (χ1n) is 6.68. The van der Waals surface area contributed by atoms with Gasteiger partial charge in [-0.25, -0.2) is 4.98 Å². The molecule has 0 spiro atoms. The lowest BCUT2D eigenvalue weighted by atomic mass is 10.0. The van der Waals surface area contributed by atoms with Crippen LogP contribution >= 0.6 is 22.9 Å². The average Bonchev–Trinajstić information content (AvgIpc) is 3.17. The smallest absolute Gasteiger partial charge is 0.149 e. The Bertz CT molecular complexity index is 619. The van der Waals surface area contributed by atoms with Crippen molar-refractivity contribution in [2.75, 3.05) is 37.9 Å². The number of ether oxygens (including phenoxy) is 2. The minimum absolute atomic E-state index is 0.269. The van der Waals surface area contributed by atoms with E-state index in [1.54, 1.807) is 18.4 Å². The Morgan fingerprint density at radius 2 is 2.43 bits per heavy atom. The zero-order valence-electron chi connectivity index (χ0n) is 12.0. The number of nitrogens with one attached hydrogen (secondary N) is 1. The summed E-state index contributed by atoms with van der Waals surface area (Å²) in [6.45, 7) is 3.98. The van der Waals surface area contributed by atoms with Gasteiger partial charge in [-0.3, -0.25) is 0 Å². The van der Waals surface area contributed by atoms with Crippen LogP contribution in [0.5, 0.6) is 0 Å². The van der Waals surface area contributed by atoms with Gasteiger partial charge in [0.2, 0.25) is 0 Å². The number of nitrogen functional groups attached to an aromatic ring is 1. The van der Waals surface area contributed by atoms with Crippen LogP contribution in [-0.2, 0) is 9.47 Å². The zero-order chi connectivity index (χ0) is 14.9. The SMILES string of the molecule is COC1(CNc2snc(N)c2-c2nc(C)cs2)CCOC1. The van der Waals surface area contributed by atoms with Crippen LogP contribution in [0.15, 0.2) is 5.38 Å². The fraction of sp³-hybridized carbons (Fsp3) is 0.538. The molecule has 2 aromatic rings. The molecule has 8 heteroatoms. The third-order valence-electron chi connectivity index (χ3n) is 3.62. The summed E-state index contributed by atoms with van der Waals surface area (Å²) < 4.78 is 15.3. The second-order valence-corrected chi connectivity index (χ2v) is 6.74. The van der Waals surface area contributed by atoms with Gasteiger partial charge in [-0.1, -0.05) is 0 Å². The van der Waals surface area contributed by atoms with Crippen molar-refractivity contribution in [1.29, 1.82) is 0 Å². The molecule has 3 heterocycles. The number of thiazole rings is 1. The Labute approximate surface area is 131 Å². The van der Waals surface area contributed by atoms with Crippen LogP contribution in [-0.4, -0.2) is 41.8 Å². The summed E-state index contributed by atoms with van der Waals surface area (Å²) in [5.74, 6) is 0.519. The van der Waals surface area contributed by atoms with Gasteiger partial charge in [0.15, 0.2) is 0 Å². The quantitative estimate of drug-likeness (QED) is 0.878. The third-order valence-corrected chi connectivity index (χ3v) is 5.42.